The maximum absolute atomic E-state index is 11.5. The van der Waals surface area contributed by atoms with Crippen LogP contribution in [0, 0.1) is 6.92 Å². The smallest absolute Gasteiger partial charge is 0.195 e. The zero-order valence-corrected chi connectivity index (χ0v) is 11.5. The van der Waals surface area contributed by atoms with Crippen LogP contribution in [0.3, 0.4) is 0 Å². The zero-order valence-electron chi connectivity index (χ0n) is 9.84. The minimum Gasteiger partial charge on any atom is -0.332 e. The van der Waals surface area contributed by atoms with Crippen molar-refractivity contribution in [2.45, 2.75) is 6.92 Å². The number of Topliss-reactive ketones (excluding diaryl/α,β-unsaturated/α-hetero) is 1. The summed E-state index contributed by atoms with van der Waals surface area (Å²) < 4.78 is 0. The number of anilines is 2. The van der Waals surface area contributed by atoms with E-state index < -0.39 is 0 Å². The van der Waals surface area contributed by atoms with Gasteiger partial charge < -0.3 is 11.1 Å². The van der Waals surface area contributed by atoms with Gasteiger partial charge in [-0.25, -0.2) is 4.98 Å². The Balaban J connectivity index is 0.00000162. The van der Waals surface area contributed by atoms with Gasteiger partial charge in [0.2, 0.25) is 0 Å². The number of hydrogen-bond acceptors (Lipinski definition) is 5. The fraction of sp³-hybridized carbons (Fsp3) is 0.167. The first-order valence-electron chi connectivity index (χ1n) is 5.23. The number of benzene rings is 1. The summed E-state index contributed by atoms with van der Waals surface area (Å²) in [4.78, 5) is 16.6. The van der Waals surface area contributed by atoms with Crippen molar-refractivity contribution in [1.29, 1.82) is 0 Å². The van der Waals surface area contributed by atoms with Crippen molar-refractivity contribution in [3.8, 4) is 0 Å². The molecule has 0 radical (unpaired) electrons. The predicted octanol–water partition coefficient (Wildman–Crippen LogP) is 2.76. The molecule has 0 bridgehead atoms. The van der Waals surface area contributed by atoms with Crippen LogP contribution in [-0.2, 0) is 0 Å². The Morgan fingerprint density at radius 3 is 2.67 bits per heavy atom. The van der Waals surface area contributed by atoms with E-state index in [-0.39, 0.29) is 24.7 Å². The topological polar surface area (TPSA) is 68.0 Å². The van der Waals surface area contributed by atoms with Crippen LogP contribution in [0.5, 0.6) is 0 Å². The molecule has 1 aromatic heterocycles. The number of para-hydroxylation sites is 1. The molecule has 6 heteroatoms. The summed E-state index contributed by atoms with van der Waals surface area (Å²) in [7, 11) is 0. The molecule has 0 unspecified atom stereocenters. The van der Waals surface area contributed by atoms with E-state index >= 15 is 0 Å². The first kappa shape index (κ1) is 14.6. The van der Waals surface area contributed by atoms with Crippen LogP contribution >= 0.6 is 23.7 Å². The van der Waals surface area contributed by atoms with E-state index in [0.29, 0.717) is 10.8 Å². The lowest BCUT2D eigenvalue weighted by molar-refractivity contribution is 0.0997. The maximum Gasteiger partial charge on any atom is 0.195 e. The van der Waals surface area contributed by atoms with E-state index in [2.05, 4.69) is 10.3 Å². The number of carbonyl (C=O) groups is 1. The number of thiazole rings is 1. The van der Waals surface area contributed by atoms with Gasteiger partial charge in [0.15, 0.2) is 10.9 Å². The van der Waals surface area contributed by atoms with Gasteiger partial charge in [-0.1, -0.05) is 18.2 Å². The Morgan fingerprint density at radius 2 is 2.06 bits per heavy atom. The second kappa shape index (κ2) is 6.49. The van der Waals surface area contributed by atoms with Crippen molar-refractivity contribution in [3.05, 3.63) is 40.9 Å². The molecule has 0 atom stereocenters. The fourth-order valence-corrected chi connectivity index (χ4v) is 2.30. The third kappa shape index (κ3) is 3.29. The number of nitrogens with one attached hydrogen (secondary N) is 1. The van der Waals surface area contributed by atoms with Crippen molar-refractivity contribution < 1.29 is 4.79 Å². The highest BCUT2D eigenvalue weighted by Gasteiger charge is 2.13. The standard InChI is InChI=1S/C12H13N3OS.ClH/c1-8-11(10(16)7-13)15-12(17-8)14-9-5-3-2-4-6-9;/h2-6H,7,13H2,1H3,(H,14,15);1H. The molecule has 0 amide bonds. The summed E-state index contributed by atoms with van der Waals surface area (Å²) in [5.74, 6) is -0.125. The second-order valence-electron chi connectivity index (χ2n) is 3.54. The van der Waals surface area contributed by atoms with Crippen molar-refractivity contribution >= 4 is 40.3 Å². The molecule has 1 heterocycles. The lowest BCUT2D eigenvalue weighted by Gasteiger charge is -2.00. The summed E-state index contributed by atoms with van der Waals surface area (Å²) in [6.07, 6.45) is 0. The van der Waals surface area contributed by atoms with E-state index in [1.165, 1.54) is 11.3 Å². The van der Waals surface area contributed by atoms with Gasteiger partial charge in [0.1, 0.15) is 5.69 Å². The quantitative estimate of drug-likeness (QED) is 0.847. The van der Waals surface area contributed by atoms with Crippen LogP contribution in [0.25, 0.3) is 0 Å². The molecular formula is C12H14ClN3OS. The van der Waals surface area contributed by atoms with Gasteiger partial charge in [-0.3, -0.25) is 4.79 Å². The fourth-order valence-electron chi connectivity index (χ4n) is 1.45. The SMILES string of the molecule is Cc1sc(Nc2ccccc2)nc1C(=O)CN.Cl. The predicted molar refractivity (Wildman–Crippen MR) is 77.2 cm³/mol. The molecule has 4 nitrogen and oxygen atoms in total. The molecule has 0 spiro atoms. The van der Waals surface area contributed by atoms with Gasteiger partial charge in [0.25, 0.3) is 0 Å². The van der Waals surface area contributed by atoms with E-state index in [4.69, 9.17) is 5.73 Å². The maximum atomic E-state index is 11.5. The number of aromatic nitrogens is 1. The number of nitrogens with two attached hydrogens (primary N) is 1. The molecule has 0 aliphatic carbocycles. The average Bonchev–Trinajstić information content (AvgIpc) is 2.70. The Hall–Kier alpha value is -1.43. The highest BCUT2D eigenvalue weighted by atomic mass is 35.5. The van der Waals surface area contributed by atoms with Crippen molar-refractivity contribution in [2.24, 2.45) is 5.73 Å². The molecular weight excluding hydrogens is 270 g/mol. The number of ketones is 1. The van der Waals surface area contributed by atoms with E-state index in [1.54, 1.807) is 0 Å². The lowest BCUT2D eigenvalue weighted by atomic mass is 10.2. The van der Waals surface area contributed by atoms with Crippen molar-refractivity contribution in [2.75, 3.05) is 11.9 Å². The van der Waals surface area contributed by atoms with Gasteiger partial charge in [-0.05, 0) is 19.1 Å². The van der Waals surface area contributed by atoms with Crippen LogP contribution in [0.4, 0.5) is 10.8 Å². The summed E-state index contributed by atoms with van der Waals surface area (Å²) in [6.45, 7) is 1.87. The molecule has 0 saturated heterocycles. The Kier molecular flexibility index (Phi) is 5.27. The Morgan fingerprint density at radius 1 is 1.39 bits per heavy atom. The van der Waals surface area contributed by atoms with Crippen molar-refractivity contribution in [1.82, 2.24) is 4.98 Å². The molecule has 1 aromatic carbocycles. The van der Waals surface area contributed by atoms with Gasteiger partial charge in [-0.15, -0.1) is 23.7 Å². The molecule has 18 heavy (non-hydrogen) atoms. The molecule has 0 saturated carbocycles. The second-order valence-corrected chi connectivity index (χ2v) is 4.75. The summed E-state index contributed by atoms with van der Waals surface area (Å²) in [5, 5.41) is 3.87. The first-order valence-corrected chi connectivity index (χ1v) is 6.05. The zero-order chi connectivity index (χ0) is 12.3. The van der Waals surface area contributed by atoms with Crippen LogP contribution in [0.2, 0.25) is 0 Å². The molecule has 0 fully saturated rings. The third-order valence-corrected chi connectivity index (χ3v) is 3.16. The van der Waals surface area contributed by atoms with Gasteiger partial charge >= 0.3 is 0 Å². The highest BCUT2D eigenvalue weighted by Crippen LogP contribution is 2.25. The number of carbonyl (C=O) groups excluding carboxylic acids is 1. The Labute approximate surface area is 116 Å². The number of rotatable bonds is 4. The molecule has 2 rings (SSSR count). The van der Waals surface area contributed by atoms with E-state index in [1.807, 2.05) is 37.3 Å². The van der Waals surface area contributed by atoms with E-state index in [9.17, 15) is 4.79 Å². The summed E-state index contributed by atoms with van der Waals surface area (Å²) in [5.41, 5.74) is 6.75. The van der Waals surface area contributed by atoms with Crippen LogP contribution in [0.1, 0.15) is 15.4 Å². The van der Waals surface area contributed by atoms with Gasteiger partial charge in [0, 0.05) is 10.6 Å². The first-order chi connectivity index (χ1) is 8.20. The molecule has 96 valence electrons. The van der Waals surface area contributed by atoms with Crippen LogP contribution in [0.15, 0.2) is 30.3 Å². The number of halogens is 1. The van der Waals surface area contributed by atoms with Crippen LogP contribution in [-0.4, -0.2) is 17.3 Å². The summed E-state index contributed by atoms with van der Waals surface area (Å²) >= 11 is 1.45. The lowest BCUT2D eigenvalue weighted by Crippen LogP contribution is -2.14. The minimum absolute atomic E-state index is 0. The highest BCUT2D eigenvalue weighted by molar-refractivity contribution is 7.15. The molecule has 0 aliphatic heterocycles. The number of nitrogens with zero attached hydrogens (tertiary/aromatic N) is 1. The monoisotopic (exact) mass is 283 g/mol. The Bertz CT molecular complexity index is 527. The largest absolute Gasteiger partial charge is 0.332 e. The summed E-state index contributed by atoms with van der Waals surface area (Å²) in [6, 6.07) is 9.72. The van der Waals surface area contributed by atoms with Gasteiger partial charge in [0.05, 0.1) is 6.54 Å². The molecule has 3 N–H and O–H groups in total. The molecule has 0 aliphatic rings. The van der Waals surface area contributed by atoms with Crippen LogP contribution < -0.4 is 11.1 Å². The van der Waals surface area contributed by atoms with Crippen molar-refractivity contribution in [3.63, 3.8) is 0 Å². The number of aryl methyl sites for hydroxylation is 1. The van der Waals surface area contributed by atoms with Gasteiger partial charge in [-0.2, -0.15) is 0 Å². The molecule has 2 aromatic rings. The van der Waals surface area contributed by atoms with E-state index in [0.717, 1.165) is 10.6 Å². The number of hydrogen-bond donors (Lipinski definition) is 2. The minimum atomic E-state index is -0.125. The normalized spacial score (nSPS) is 9.67. The average molecular weight is 284 g/mol. The third-order valence-electron chi connectivity index (χ3n) is 2.27.